The first-order valence-electron chi connectivity index (χ1n) is 12.8. The second-order valence-corrected chi connectivity index (χ2v) is 9.26. The van der Waals surface area contributed by atoms with Gasteiger partial charge in [0.05, 0.1) is 11.4 Å². The van der Waals surface area contributed by atoms with Crippen molar-refractivity contribution in [1.29, 1.82) is 0 Å². The van der Waals surface area contributed by atoms with Crippen LogP contribution in [0.5, 0.6) is 5.75 Å². The van der Waals surface area contributed by atoms with E-state index < -0.39 is 0 Å². The maximum atomic E-state index is 10.7. The van der Waals surface area contributed by atoms with Crippen LogP contribution in [0.2, 0.25) is 0 Å². The van der Waals surface area contributed by atoms with Crippen LogP contribution in [0.15, 0.2) is 78.9 Å². The van der Waals surface area contributed by atoms with Gasteiger partial charge >= 0.3 is 0 Å². The zero-order valence-electron chi connectivity index (χ0n) is 21.2. The minimum atomic E-state index is 0.407. The average molecular weight is 468 g/mol. The summed E-state index contributed by atoms with van der Waals surface area (Å²) in [5.74, 6) is 1.43. The fraction of sp³-hybridized carbons (Fsp3) is 0.323. The highest BCUT2D eigenvalue weighted by Gasteiger charge is 2.22. The zero-order valence-corrected chi connectivity index (χ0v) is 21.2. The standard InChI is InChI=1S/C31H37N3O/c1-4-6-21-33(22-27-19-13-14-24(3)30(27)35)23-28-29(25-15-9-7-10-16-25)32-31(34(28)20-5-2)26-17-11-8-12-18-26/h7-19,35H,4-6,20-23H2,1-3H3. The van der Waals surface area contributed by atoms with E-state index in [9.17, 15) is 5.11 Å². The molecule has 0 aliphatic rings. The van der Waals surface area contributed by atoms with Crippen molar-refractivity contribution in [2.45, 2.75) is 59.7 Å². The van der Waals surface area contributed by atoms with Gasteiger partial charge in [0, 0.05) is 36.3 Å². The van der Waals surface area contributed by atoms with E-state index in [4.69, 9.17) is 4.98 Å². The van der Waals surface area contributed by atoms with E-state index in [2.05, 4.69) is 84.0 Å². The summed E-state index contributed by atoms with van der Waals surface area (Å²) in [5.41, 5.74) is 6.47. The normalized spacial score (nSPS) is 11.3. The number of aryl methyl sites for hydroxylation is 1. The zero-order chi connectivity index (χ0) is 24.6. The Balaban J connectivity index is 1.80. The lowest BCUT2D eigenvalue weighted by molar-refractivity contribution is 0.243. The van der Waals surface area contributed by atoms with Gasteiger partial charge in [0.25, 0.3) is 0 Å². The summed E-state index contributed by atoms with van der Waals surface area (Å²) in [6.07, 6.45) is 3.27. The van der Waals surface area contributed by atoms with Gasteiger partial charge in [-0.1, -0.05) is 99.1 Å². The lowest BCUT2D eigenvalue weighted by Crippen LogP contribution is -2.26. The molecule has 1 aromatic heterocycles. The van der Waals surface area contributed by atoms with E-state index in [1.165, 1.54) is 5.69 Å². The number of hydrogen-bond acceptors (Lipinski definition) is 3. The van der Waals surface area contributed by atoms with Gasteiger partial charge in [0.1, 0.15) is 11.6 Å². The van der Waals surface area contributed by atoms with Gasteiger partial charge < -0.3 is 9.67 Å². The molecule has 0 fully saturated rings. The van der Waals surface area contributed by atoms with Crippen LogP contribution in [0.1, 0.15) is 49.9 Å². The van der Waals surface area contributed by atoms with Gasteiger partial charge in [0.15, 0.2) is 0 Å². The molecular weight excluding hydrogens is 430 g/mol. The SMILES string of the molecule is CCCCN(Cc1cccc(C)c1O)Cc1c(-c2ccccc2)nc(-c2ccccc2)n1CCC. The first-order valence-corrected chi connectivity index (χ1v) is 12.8. The summed E-state index contributed by atoms with van der Waals surface area (Å²) in [7, 11) is 0. The van der Waals surface area contributed by atoms with Gasteiger partial charge in [-0.3, -0.25) is 4.90 Å². The van der Waals surface area contributed by atoms with Crippen molar-refractivity contribution in [3.05, 3.63) is 95.7 Å². The maximum absolute atomic E-state index is 10.7. The maximum Gasteiger partial charge on any atom is 0.140 e. The molecule has 4 aromatic rings. The molecule has 0 spiro atoms. The van der Waals surface area contributed by atoms with E-state index in [1.54, 1.807) is 0 Å². The van der Waals surface area contributed by atoms with Crippen LogP contribution in [0.3, 0.4) is 0 Å². The Labute approximate surface area is 209 Å². The Kier molecular flexibility index (Phi) is 8.38. The number of aromatic hydroxyl groups is 1. The largest absolute Gasteiger partial charge is 0.507 e. The number of hydrogen-bond donors (Lipinski definition) is 1. The Morgan fingerprint density at radius 1 is 0.800 bits per heavy atom. The predicted octanol–water partition coefficient (Wildman–Crippen LogP) is 7.44. The molecule has 3 aromatic carbocycles. The molecule has 0 saturated carbocycles. The first-order chi connectivity index (χ1) is 17.1. The average Bonchev–Trinajstić information content (AvgIpc) is 3.24. The third kappa shape index (κ3) is 5.83. The van der Waals surface area contributed by atoms with E-state index in [0.29, 0.717) is 12.3 Å². The predicted molar refractivity (Wildman–Crippen MR) is 145 cm³/mol. The number of phenols is 1. The van der Waals surface area contributed by atoms with E-state index in [1.807, 2.05) is 25.1 Å². The first kappa shape index (κ1) is 24.7. The van der Waals surface area contributed by atoms with Crippen LogP contribution in [-0.2, 0) is 19.6 Å². The molecule has 1 N–H and O–H groups in total. The Morgan fingerprint density at radius 3 is 2.14 bits per heavy atom. The quantitative estimate of drug-likeness (QED) is 0.249. The fourth-order valence-corrected chi connectivity index (χ4v) is 4.64. The number of phenolic OH excluding ortho intramolecular Hbond substituents is 1. The number of unbranched alkanes of at least 4 members (excludes halogenated alkanes) is 1. The highest BCUT2D eigenvalue weighted by Crippen LogP contribution is 2.32. The van der Waals surface area contributed by atoms with Crippen molar-refractivity contribution >= 4 is 0 Å². The summed E-state index contributed by atoms with van der Waals surface area (Å²) in [6, 6.07) is 27.1. The topological polar surface area (TPSA) is 41.3 Å². The molecule has 0 radical (unpaired) electrons. The monoisotopic (exact) mass is 467 g/mol. The third-order valence-electron chi connectivity index (χ3n) is 6.52. The molecule has 0 aliphatic carbocycles. The molecule has 182 valence electrons. The molecule has 1 heterocycles. The van der Waals surface area contributed by atoms with Crippen molar-refractivity contribution in [3.8, 4) is 28.4 Å². The molecule has 0 aliphatic heterocycles. The number of aromatic nitrogens is 2. The number of rotatable bonds is 11. The van der Waals surface area contributed by atoms with Crippen molar-refractivity contribution in [2.75, 3.05) is 6.54 Å². The number of benzene rings is 3. The molecule has 35 heavy (non-hydrogen) atoms. The summed E-state index contributed by atoms with van der Waals surface area (Å²) in [4.78, 5) is 7.69. The van der Waals surface area contributed by atoms with Gasteiger partial charge in [0.2, 0.25) is 0 Å². The van der Waals surface area contributed by atoms with Gasteiger partial charge in [-0.15, -0.1) is 0 Å². The highest BCUT2D eigenvalue weighted by atomic mass is 16.3. The Morgan fingerprint density at radius 2 is 1.49 bits per heavy atom. The van der Waals surface area contributed by atoms with Crippen LogP contribution in [0.25, 0.3) is 22.6 Å². The fourth-order valence-electron chi connectivity index (χ4n) is 4.64. The molecule has 0 saturated heterocycles. The van der Waals surface area contributed by atoms with Crippen LogP contribution < -0.4 is 0 Å². The minimum Gasteiger partial charge on any atom is -0.507 e. The van der Waals surface area contributed by atoms with Crippen LogP contribution >= 0.6 is 0 Å². The van der Waals surface area contributed by atoms with Crippen LogP contribution in [0, 0.1) is 6.92 Å². The Bertz CT molecular complexity index is 1210. The molecule has 4 heteroatoms. The van der Waals surface area contributed by atoms with Crippen LogP contribution in [-0.4, -0.2) is 26.1 Å². The second kappa shape index (κ2) is 11.9. The van der Waals surface area contributed by atoms with E-state index >= 15 is 0 Å². The molecular formula is C31H37N3O. The summed E-state index contributed by atoms with van der Waals surface area (Å²) < 4.78 is 2.41. The van der Waals surface area contributed by atoms with Gasteiger partial charge in [-0.05, 0) is 31.9 Å². The number of imidazole rings is 1. The number of para-hydroxylation sites is 1. The van der Waals surface area contributed by atoms with Crippen LogP contribution in [0.4, 0.5) is 0 Å². The molecule has 4 rings (SSSR count). The van der Waals surface area contributed by atoms with Crippen molar-refractivity contribution in [1.82, 2.24) is 14.5 Å². The smallest absolute Gasteiger partial charge is 0.140 e. The molecule has 0 atom stereocenters. The third-order valence-corrected chi connectivity index (χ3v) is 6.52. The number of nitrogens with zero attached hydrogens (tertiary/aromatic N) is 3. The lowest BCUT2D eigenvalue weighted by atomic mass is 10.1. The molecule has 4 nitrogen and oxygen atoms in total. The summed E-state index contributed by atoms with van der Waals surface area (Å²) in [6.45, 7) is 9.78. The second-order valence-electron chi connectivity index (χ2n) is 9.26. The van der Waals surface area contributed by atoms with Gasteiger partial charge in [-0.2, -0.15) is 0 Å². The summed E-state index contributed by atoms with van der Waals surface area (Å²) in [5, 5.41) is 10.7. The van der Waals surface area contributed by atoms with Crippen molar-refractivity contribution in [3.63, 3.8) is 0 Å². The highest BCUT2D eigenvalue weighted by molar-refractivity contribution is 5.68. The molecule has 0 amide bonds. The van der Waals surface area contributed by atoms with E-state index in [0.717, 1.165) is 72.7 Å². The molecule has 0 unspecified atom stereocenters. The Hall–Kier alpha value is -3.37. The van der Waals surface area contributed by atoms with Crippen molar-refractivity contribution in [2.24, 2.45) is 0 Å². The van der Waals surface area contributed by atoms with E-state index in [-0.39, 0.29) is 0 Å². The lowest BCUT2D eigenvalue weighted by Gasteiger charge is -2.25. The van der Waals surface area contributed by atoms with Gasteiger partial charge in [-0.25, -0.2) is 4.98 Å². The minimum absolute atomic E-state index is 0.407. The molecule has 0 bridgehead atoms. The van der Waals surface area contributed by atoms with Crippen molar-refractivity contribution < 1.29 is 5.11 Å². The summed E-state index contributed by atoms with van der Waals surface area (Å²) >= 11 is 0.